The van der Waals surface area contributed by atoms with Gasteiger partial charge in [0.1, 0.15) is 0 Å². The van der Waals surface area contributed by atoms with Crippen LogP contribution in [0.5, 0.6) is 0 Å². The number of hydrogen-bond acceptors (Lipinski definition) is 6. The van der Waals surface area contributed by atoms with Gasteiger partial charge in [0.25, 0.3) is 0 Å². The summed E-state index contributed by atoms with van der Waals surface area (Å²) in [5.74, 6) is -7.16. The Morgan fingerprint density at radius 2 is 1.18 bits per heavy atom. The predicted octanol–water partition coefficient (Wildman–Crippen LogP) is 4.95. The van der Waals surface area contributed by atoms with Crippen LogP contribution in [0, 0.1) is 29.1 Å². The highest BCUT2D eigenvalue weighted by atomic mass is 79.9. The Labute approximate surface area is 248 Å². The summed E-state index contributed by atoms with van der Waals surface area (Å²) in [4.78, 5) is 72.5. The minimum absolute atomic E-state index is 0.0662. The van der Waals surface area contributed by atoms with Crippen LogP contribution in [0.2, 0.25) is 10.0 Å². The molecule has 0 aromatic heterocycles. The maximum absolute atomic E-state index is 14.2. The van der Waals surface area contributed by atoms with Crippen LogP contribution in [0.3, 0.4) is 0 Å². The molecule has 2 aliphatic heterocycles. The van der Waals surface area contributed by atoms with E-state index < -0.39 is 63.0 Å². The van der Waals surface area contributed by atoms with Crippen molar-refractivity contribution in [3.8, 4) is 0 Å². The molecule has 206 valence electrons. The highest BCUT2D eigenvalue weighted by Crippen LogP contribution is 2.72. The first-order valence-corrected chi connectivity index (χ1v) is 14.3. The number of imide groups is 2. The third-order valence-corrected chi connectivity index (χ3v) is 11.0. The molecule has 8 nitrogen and oxygen atoms in total. The highest BCUT2D eigenvalue weighted by Gasteiger charge is 2.81. The molecule has 1 saturated carbocycles. The Bertz CT molecular complexity index is 1460. The Hall–Kier alpha value is -3.01. The van der Waals surface area contributed by atoms with Crippen LogP contribution in [0.25, 0.3) is 0 Å². The maximum atomic E-state index is 14.2. The van der Waals surface area contributed by atoms with Crippen LogP contribution in [-0.2, 0) is 28.7 Å². The number of hydrogen-bond donors (Lipinski definition) is 0. The molecule has 0 unspecified atom stereocenters. The van der Waals surface area contributed by atoms with E-state index in [1.807, 2.05) is 0 Å². The third kappa shape index (κ3) is 3.22. The molecular formula is C29H23BrCl2N2O6. The summed E-state index contributed by atoms with van der Waals surface area (Å²) in [6.45, 7) is 5.02. The lowest BCUT2D eigenvalue weighted by molar-refractivity contribution is -0.152. The van der Waals surface area contributed by atoms with E-state index in [0.717, 1.165) is 9.80 Å². The number of carbonyl (C=O) groups excluding carboxylic acids is 5. The van der Waals surface area contributed by atoms with E-state index in [4.69, 9.17) is 27.9 Å². The number of amides is 4. The lowest BCUT2D eigenvalue weighted by Crippen LogP contribution is -2.67. The fourth-order valence-electron chi connectivity index (χ4n) is 7.42. The van der Waals surface area contributed by atoms with Crippen molar-refractivity contribution in [1.82, 2.24) is 0 Å². The van der Waals surface area contributed by atoms with E-state index in [2.05, 4.69) is 15.9 Å². The van der Waals surface area contributed by atoms with Crippen LogP contribution in [0.1, 0.15) is 20.8 Å². The molecule has 0 N–H and O–H groups in total. The standard InChI is InChI=1S/C29H23BrCl2N2O6/c1-4-40-27(39)18-13(2)29(30)21-19(23(35)33(25(21)37)16-9-5-14(31)6-10-16)28(18,3)20-22(29)26(38)34(24(20)36)17-11-7-15(32)8-12-17/h5-12,19-22H,4H2,1-3H3/t19-,20-,21+,22+,28?,29?/m1/s1. The molecule has 40 heavy (non-hydrogen) atoms. The minimum Gasteiger partial charge on any atom is -0.463 e. The molecule has 2 heterocycles. The van der Waals surface area contributed by atoms with Crippen molar-refractivity contribution in [3.63, 3.8) is 0 Å². The number of carbonyl (C=O) groups is 5. The molecule has 5 aliphatic rings. The van der Waals surface area contributed by atoms with Crippen molar-refractivity contribution in [3.05, 3.63) is 69.7 Å². The normalized spacial score (nSPS) is 32.6. The molecular weight excluding hydrogens is 623 g/mol. The van der Waals surface area contributed by atoms with Crippen LogP contribution >= 0.6 is 39.1 Å². The summed E-state index contributed by atoms with van der Waals surface area (Å²) < 4.78 is 3.92. The lowest BCUT2D eigenvalue weighted by Gasteiger charge is -2.59. The summed E-state index contributed by atoms with van der Waals surface area (Å²) in [6, 6.07) is 12.5. The van der Waals surface area contributed by atoms with Gasteiger partial charge in [0.2, 0.25) is 23.6 Å². The van der Waals surface area contributed by atoms with Crippen molar-refractivity contribution in [1.29, 1.82) is 0 Å². The largest absolute Gasteiger partial charge is 0.463 e. The Morgan fingerprint density at radius 3 is 1.55 bits per heavy atom. The van der Waals surface area contributed by atoms with Crippen molar-refractivity contribution in [2.75, 3.05) is 16.4 Å². The molecule has 7 rings (SSSR count). The topological polar surface area (TPSA) is 101 Å². The van der Waals surface area contributed by atoms with Crippen molar-refractivity contribution >= 4 is 80.1 Å². The summed E-state index contributed by atoms with van der Waals surface area (Å²) in [7, 11) is 0. The van der Waals surface area contributed by atoms with E-state index in [0.29, 0.717) is 27.0 Å². The number of alkyl halides is 1. The van der Waals surface area contributed by atoms with Gasteiger partial charge in [-0.15, -0.1) is 0 Å². The molecule has 11 heteroatoms. The fourth-order valence-corrected chi connectivity index (χ4v) is 8.79. The lowest BCUT2D eigenvalue weighted by atomic mass is 9.43. The van der Waals surface area contributed by atoms with Gasteiger partial charge in [-0.25, -0.2) is 14.6 Å². The SMILES string of the molecule is CCOC(=O)C1=C(C)C2(Br)[C@@H]3C(=O)N(c4ccc(Cl)cc4)C(=O)[C@@H]3C1(C)[C@H]1C(=O)N(c3ccc(Cl)cc3)C(=O)[C@H]12. The average Bonchev–Trinajstić information content (AvgIpc) is 3.34. The van der Waals surface area contributed by atoms with Gasteiger partial charge in [-0.3, -0.25) is 19.2 Å². The number of nitrogens with zero attached hydrogens (tertiary/aromatic N) is 2. The second kappa shape index (κ2) is 8.99. The molecule has 2 aromatic carbocycles. The van der Waals surface area contributed by atoms with Crippen LogP contribution in [-0.4, -0.2) is 40.5 Å². The second-order valence-corrected chi connectivity index (χ2v) is 12.8. The molecule has 3 fully saturated rings. The molecule has 0 spiro atoms. The Kier molecular flexibility index (Phi) is 6.11. The van der Waals surface area contributed by atoms with Gasteiger partial charge in [-0.1, -0.05) is 46.1 Å². The number of allylic oxidation sites excluding steroid dienone is 1. The monoisotopic (exact) mass is 644 g/mol. The highest BCUT2D eigenvalue weighted by molar-refractivity contribution is 9.10. The minimum atomic E-state index is -1.51. The van der Waals surface area contributed by atoms with Crippen LogP contribution in [0.4, 0.5) is 11.4 Å². The van der Waals surface area contributed by atoms with E-state index in [1.54, 1.807) is 69.3 Å². The van der Waals surface area contributed by atoms with E-state index in [9.17, 15) is 24.0 Å². The van der Waals surface area contributed by atoms with Crippen LogP contribution in [0.15, 0.2) is 59.7 Å². The first-order valence-electron chi connectivity index (χ1n) is 12.7. The van der Waals surface area contributed by atoms with Crippen molar-refractivity contribution in [2.45, 2.75) is 25.1 Å². The first kappa shape index (κ1) is 27.2. The molecule has 2 saturated heterocycles. The number of halogens is 3. The summed E-state index contributed by atoms with van der Waals surface area (Å²) in [5, 5.41) is 0.860. The first-order chi connectivity index (χ1) is 18.9. The Morgan fingerprint density at radius 1 is 0.800 bits per heavy atom. The van der Waals surface area contributed by atoms with E-state index >= 15 is 0 Å². The summed E-state index contributed by atoms with van der Waals surface area (Å²) in [6.07, 6.45) is 0. The zero-order valence-corrected chi connectivity index (χ0v) is 24.7. The van der Waals surface area contributed by atoms with Gasteiger partial charge in [0, 0.05) is 21.0 Å². The van der Waals surface area contributed by atoms with E-state index in [1.165, 1.54) is 0 Å². The predicted molar refractivity (Wildman–Crippen MR) is 151 cm³/mol. The molecule has 3 aliphatic carbocycles. The Balaban J connectivity index is 1.58. The van der Waals surface area contributed by atoms with Gasteiger partial charge >= 0.3 is 5.97 Å². The molecule has 0 radical (unpaired) electrons. The number of ether oxygens (including phenoxy) is 1. The average molecular weight is 646 g/mol. The molecule has 4 atom stereocenters. The third-order valence-electron chi connectivity index (χ3n) is 8.95. The van der Waals surface area contributed by atoms with Crippen molar-refractivity contribution in [2.24, 2.45) is 29.1 Å². The van der Waals surface area contributed by atoms with Gasteiger partial charge in [0.05, 0.1) is 46.0 Å². The van der Waals surface area contributed by atoms with Crippen LogP contribution < -0.4 is 9.80 Å². The molecule has 2 bridgehead atoms. The quantitative estimate of drug-likeness (QED) is 0.265. The number of benzene rings is 2. The van der Waals surface area contributed by atoms with Gasteiger partial charge in [-0.2, -0.15) is 0 Å². The smallest absolute Gasteiger partial charge is 0.334 e. The van der Waals surface area contributed by atoms with E-state index in [-0.39, 0.29) is 12.2 Å². The molecule has 4 amide bonds. The van der Waals surface area contributed by atoms with Crippen molar-refractivity contribution < 1.29 is 28.7 Å². The van der Waals surface area contributed by atoms with Gasteiger partial charge in [-0.05, 0) is 68.0 Å². The zero-order chi connectivity index (χ0) is 28.9. The number of rotatable bonds is 4. The number of esters is 1. The summed E-state index contributed by atoms with van der Waals surface area (Å²) >= 11 is 15.8. The van der Waals surface area contributed by atoms with Gasteiger partial charge in [0.15, 0.2) is 0 Å². The number of anilines is 2. The summed E-state index contributed by atoms with van der Waals surface area (Å²) in [5.41, 5.74) is -0.327. The van der Waals surface area contributed by atoms with Gasteiger partial charge < -0.3 is 4.74 Å². The fraction of sp³-hybridized carbons (Fsp3) is 0.345. The maximum Gasteiger partial charge on any atom is 0.334 e. The molecule has 2 aromatic rings. The zero-order valence-electron chi connectivity index (χ0n) is 21.6. The second-order valence-electron chi connectivity index (χ2n) is 10.7.